The highest BCUT2D eigenvalue weighted by molar-refractivity contribution is 5.75. The molecule has 0 aromatic carbocycles. The van der Waals surface area contributed by atoms with Crippen molar-refractivity contribution in [2.75, 3.05) is 26.2 Å². The fraction of sp³-hybridized carbons (Fsp3) is 0.714. The number of aromatic nitrogens is 2. The lowest BCUT2D eigenvalue weighted by molar-refractivity contribution is -0.389. The summed E-state index contributed by atoms with van der Waals surface area (Å²) in [5.41, 5.74) is 0.682. The Morgan fingerprint density at radius 1 is 1.45 bits per heavy atom. The van der Waals surface area contributed by atoms with E-state index >= 15 is 0 Å². The Hall–Kier alpha value is -1.96. The van der Waals surface area contributed by atoms with Crippen LogP contribution in [0.3, 0.4) is 0 Å². The molecular formula is C14H25N5O3. The van der Waals surface area contributed by atoms with Crippen LogP contribution in [0.1, 0.15) is 32.4 Å². The van der Waals surface area contributed by atoms with Gasteiger partial charge in [-0.3, -0.25) is 4.79 Å². The quantitative estimate of drug-likeness (QED) is 0.400. The smallest absolute Gasteiger partial charge is 0.358 e. The van der Waals surface area contributed by atoms with Crippen molar-refractivity contribution in [3.63, 3.8) is 0 Å². The Morgan fingerprint density at radius 3 is 2.68 bits per heavy atom. The zero-order valence-electron chi connectivity index (χ0n) is 13.5. The molecule has 1 N–H and O–H groups in total. The summed E-state index contributed by atoms with van der Waals surface area (Å²) in [6.07, 6.45) is 1.19. The topological polar surface area (TPSA) is 93.3 Å². The van der Waals surface area contributed by atoms with Crippen molar-refractivity contribution in [2.24, 2.45) is 0 Å². The van der Waals surface area contributed by atoms with E-state index < -0.39 is 4.92 Å². The lowest BCUT2D eigenvalue weighted by atomic mass is 10.3. The Balaban J connectivity index is 2.27. The van der Waals surface area contributed by atoms with Gasteiger partial charge >= 0.3 is 5.82 Å². The van der Waals surface area contributed by atoms with Crippen LogP contribution in [0.4, 0.5) is 5.82 Å². The molecule has 1 heterocycles. The summed E-state index contributed by atoms with van der Waals surface area (Å²) in [5.74, 6) is -0.241. The Labute approximate surface area is 130 Å². The van der Waals surface area contributed by atoms with Crippen LogP contribution in [0.25, 0.3) is 0 Å². The average Bonchev–Trinajstić information content (AvgIpc) is 2.87. The average molecular weight is 311 g/mol. The fourth-order valence-corrected chi connectivity index (χ4v) is 2.17. The molecule has 1 aromatic heterocycles. The molecule has 0 saturated carbocycles. The van der Waals surface area contributed by atoms with Crippen LogP contribution >= 0.6 is 0 Å². The summed E-state index contributed by atoms with van der Waals surface area (Å²) in [5, 5.41) is 17.3. The van der Waals surface area contributed by atoms with E-state index in [0.29, 0.717) is 18.8 Å². The van der Waals surface area contributed by atoms with Crippen molar-refractivity contribution in [1.82, 2.24) is 20.0 Å². The van der Waals surface area contributed by atoms with Crippen molar-refractivity contribution < 1.29 is 9.72 Å². The summed E-state index contributed by atoms with van der Waals surface area (Å²) in [7, 11) is 0. The summed E-state index contributed by atoms with van der Waals surface area (Å²) in [4.78, 5) is 24.2. The molecule has 0 atom stereocenters. The van der Waals surface area contributed by atoms with E-state index in [1.807, 2.05) is 0 Å². The molecule has 124 valence electrons. The third kappa shape index (κ3) is 5.80. The zero-order valence-corrected chi connectivity index (χ0v) is 13.5. The van der Waals surface area contributed by atoms with Crippen LogP contribution in [0, 0.1) is 17.0 Å². The van der Waals surface area contributed by atoms with Gasteiger partial charge in [-0.05, 0) is 37.9 Å². The van der Waals surface area contributed by atoms with Gasteiger partial charge in [0.2, 0.25) is 5.91 Å². The predicted octanol–water partition coefficient (Wildman–Crippen LogP) is 1.34. The van der Waals surface area contributed by atoms with Gasteiger partial charge < -0.3 is 20.3 Å². The third-order valence-corrected chi connectivity index (χ3v) is 3.57. The van der Waals surface area contributed by atoms with Crippen LogP contribution in [-0.2, 0) is 11.3 Å². The van der Waals surface area contributed by atoms with Crippen LogP contribution < -0.4 is 5.32 Å². The minimum Gasteiger partial charge on any atom is -0.358 e. The number of nitro groups is 1. The zero-order chi connectivity index (χ0) is 16.5. The SMILES string of the molecule is CCN(CC)CCCNC(=O)CCn1nc([N+](=O)[O-])cc1C. The van der Waals surface area contributed by atoms with Crippen molar-refractivity contribution in [1.29, 1.82) is 0 Å². The van der Waals surface area contributed by atoms with Crippen LogP contribution in [0.15, 0.2) is 6.07 Å². The van der Waals surface area contributed by atoms with Gasteiger partial charge in [0.05, 0.1) is 23.4 Å². The number of amides is 1. The lowest BCUT2D eigenvalue weighted by Gasteiger charge is -2.17. The van der Waals surface area contributed by atoms with E-state index in [9.17, 15) is 14.9 Å². The molecule has 0 saturated heterocycles. The Bertz CT molecular complexity index is 497. The summed E-state index contributed by atoms with van der Waals surface area (Å²) >= 11 is 0. The van der Waals surface area contributed by atoms with Crippen molar-refractivity contribution >= 4 is 11.7 Å². The minimum atomic E-state index is -0.531. The molecule has 0 aliphatic carbocycles. The van der Waals surface area contributed by atoms with E-state index in [1.54, 1.807) is 6.92 Å². The second-order valence-electron chi connectivity index (χ2n) is 5.10. The van der Waals surface area contributed by atoms with Crippen molar-refractivity contribution in [3.8, 4) is 0 Å². The lowest BCUT2D eigenvalue weighted by Crippen LogP contribution is -2.30. The largest absolute Gasteiger partial charge is 0.390 e. The van der Waals surface area contributed by atoms with E-state index in [2.05, 4.69) is 29.2 Å². The predicted molar refractivity (Wildman–Crippen MR) is 83.7 cm³/mol. The molecule has 1 aromatic rings. The van der Waals surface area contributed by atoms with Gasteiger partial charge in [-0.1, -0.05) is 13.8 Å². The molecule has 0 aliphatic heterocycles. The van der Waals surface area contributed by atoms with Gasteiger partial charge in [0.25, 0.3) is 0 Å². The van der Waals surface area contributed by atoms with E-state index in [1.165, 1.54) is 10.7 Å². The first-order valence-electron chi connectivity index (χ1n) is 7.65. The maximum atomic E-state index is 11.8. The van der Waals surface area contributed by atoms with Crippen molar-refractivity contribution in [3.05, 3.63) is 21.9 Å². The maximum absolute atomic E-state index is 11.8. The number of carbonyl (C=O) groups excluding carboxylic acids is 1. The highest BCUT2D eigenvalue weighted by Crippen LogP contribution is 2.11. The number of rotatable bonds is 10. The minimum absolute atomic E-state index is 0.0582. The van der Waals surface area contributed by atoms with Gasteiger partial charge in [0.15, 0.2) is 0 Å². The maximum Gasteiger partial charge on any atom is 0.390 e. The number of hydrogen-bond acceptors (Lipinski definition) is 5. The number of carbonyl (C=O) groups is 1. The molecule has 1 rings (SSSR count). The molecule has 1 amide bonds. The van der Waals surface area contributed by atoms with E-state index in [4.69, 9.17) is 0 Å². The molecule has 0 unspecified atom stereocenters. The van der Waals surface area contributed by atoms with Gasteiger partial charge in [-0.25, -0.2) is 0 Å². The molecule has 8 nitrogen and oxygen atoms in total. The number of nitrogens with one attached hydrogen (secondary N) is 1. The first kappa shape index (κ1) is 18.1. The second-order valence-corrected chi connectivity index (χ2v) is 5.10. The number of hydrogen-bond donors (Lipinski definition) is 1. The van der Waals surface area contributed by atoms with Gasteiger partial charge in [0.1, 0.15) is 0 Å². The van der Waals surface area contributed by atoms with Crippen LogP contribution in [0.2, 0.25) is 0 Å². The van der Waals surface area contributed by atoms with Gasteiger partial charge in [-0.15, -0.1) is 0 Å². The highest BCUT2D eigenvalue weighted by atomic mass is 16.6. The number of nitrogens with zero attached hydrogens (tertiary/aromatic N) is 4. The molecule has 0 fully saturated rings. The highest BCUT2D eigenvalue weighted by Gasteiger charge is 2.15. The molecule has 0 radical (unpaired) electrons. The summed E-state index contributed by atoms with van der Waals surface area (Å²) < 4.78 is 1.49. The van der Waals surface area contributed by atoms with E-state index in [-0.39, 0.29) is 18.1 Å². The molecule has 0 bridgehead atoms. The first-order valence-corrected chi connectivity index (χ1v) is 7.65. The summed E-state index contributed by atoms with van der Waals surface area (Å²) in [6, 6.07) is 1.40. The first-order chi connectivity index (χ1) is 10.5. The second kappa shape index (κ2) is 9.14. The normalized spacial score (nSPS) is 10.9. The molecule has 0 aliphatic rings. The molecule has 8 heteroatoms. The molecule has 22 heavy (non-hydrogen) atoms. The monoisotopic (exact) mass is 311 g/mol. The van der Waals surface area contributed by atoms with Crippen molar-refractivity contribution in [2.45, 2.75) is 40.2 Å². The third-order valence-electron chi connectivity index (χ3n) is 3.57. The summed E-state index contributed by atoms with van der Waals surface area (Å²) in [6.45, 7) is 9.97. The Kier molecular flexibility index (Phi) is 7.51. The standard InChI is InChI=1S/C14H25N5O3/c1-4-17(5-2)9-6-8-15-14(20)7-10-18-12(3)11-13(16-18)19(21)22/h11H,4-10H2,1-3H3,(H,15,20). The Morgan fingerprint density at radius 2 is 2.14 bits per heavy atom. The van der Waals surface area contributed by atoms with E-state index in [0.717, 1.165) is 26.1 Å². The number of aryl methyl sites for hydroxylation is 2. The molecule has 0 spiro atoms. The van der Waals surface area contributed by atoms with Gasteiger partial charge in [-0.2, -0.15) is 4.68 Å². The van der Waals surface area contributed by atoms with Crippen LogP contribution in [0.5, 0.6) is 0 Å². The van der Waals surface area contributed by atoms with Gasteiger partial charge in [0, 0.05) is 13.0 Å². The fourth-order valence-electron chi connectivity index (χ4n) is 2.17. The van der Waals surface area contributed by atoms with Crippen LogP contribution in [-0.4, -0.2) is 51.7 Å². The molecular weight excluding hydrogens is 286 g/mol.